The highest BCUT2D eigenvalue weighted by Gasteiger charge is 2.64. The normalized spacial score (nSPS) is 52.2. The van der Waals surface area contributed by atoms with Crippen LogP contribution < -0.4 is 0 Å². The van der Waals surface area contributed by atoms with E-state index in [1.807, 2.05) is 6.92 Å². The number of rotatable bonds is 2. The molecule has 3 aliphatic rings. The van der Waals surface area contributed by atoms with Gasteiger partial charge in [-0.1, -0.05) is 27.2 Å². The fourth-order valence-corrected chi connectivity index (χ4v) is 7.04. The maximum atomic E-state index is 11.1. The van der Waals surface area contributed by atoms with Gasteiger partial charge in [0.15, 0.2) is 0 Å². The van der Waals surface area contributed by atoms with Crippen molar-refractivity contribution in [3.8, 4) is 0 Å². The van der Waals surface area contributed by atoms with Gasteiger partial charge in [-0.3, -0.25) is 0 Å². The van der Waals surface area contributed by atoms with Crippen molar-refractivity contribution in [1.82, 2.24) is 0 Å². The van der Waals surface area contributed by atoms with E-state index in [0.29, 0.717) is 18.3 Å². The molecule has 1 saturated heterocycles. The van der Waals surface area contributed by atoms with Crippen molar-refractivity contribution in [3.63, 3.8) is 0 Å². The molecule has 140 valence electrons. The molecule has 4 nitrogen and oxygen atoms in total. The quantitative estimate of drug-likeness (QED) is 0.723. The lowest BCUT2D eigenvalue weighted by Gasteiger charge is -2.66. The number of fused-ring (bicyclic) bond motifs is 3. The minimum absolute atomic E-state index is 0.0691. The first-order valence-corrected chi connectivity index (χ1v) is 9.66. The van der Waals surface area contributed by atoms with Crippen LogP contribution in [0.25, 0.3) is 0 Å². The minimum atomic E-state index is -0.874. The summed E-state index contributed by atoms with van der Waals surface area (Å²) in [5.41, 5.74) is -0.951. The molecule has 0 aromatic heterocycles. The van der Waals surface area contributed by atoms with Crippen LogP contribution in [0.4, 0.5) is 0 Å². The van der Waals surface area contributed by atoms with Crippen LogP contribution >= 0.6 is 0 Å². The predicted molar refractivity (Wildman–Crippen MR) is 93.6 cm³/mol. The molecule has 0 radical (unpaired) electrons. The summed E-state index contributed by atoms with van der Waals surface area (Å²) >= 11 is 0. The van der Waals surface area contributed by atoms with Crippen molar-refractivity contribution in [2.24, 2.45) is 22.7 Å². The van der Waals surface area contributed by atoms with Crippen LogP contribution in [-0.4, -0.2) is 45.3 Å². The standard InChI is InChI=1S/C20H36O4/c1-17(2)8-6-9-18(3)14-7-10-19(4,15(23)12-21)24-20(14,5)11-13(22)16(17)18/h13-16,21-23H,6-12H2,1-5H3/t13-,14+,15+,16-,18+,19+,20+/m0/s1. The monoisotopic (exact) mass is 340 g/mol. The summed E-state index contributed by atoms with van der Waals surface area (Å²) in [6.45, 7) is 10.7. The Hall–Kier alpha value is -0.160. The van der Waals surface area contributed by atoms with Gasteiger partial charge in [0.2, 0.25) is 0 Å². The largest absolute Gasteiger partial charge is 0.394 e. The summed E-state index contributed by atoms with van der Waals surface area (Å²) in [5.74, 6) is 0.685. The number of hydrogen-bond acceptors (Lipinski definition) is 4. The van der Waals surface area contributed by atoms with Crippen molar-refractivity contribution in [2.45, 2.75) is 96.6 Å². The zero-order valence-corrected chi connectivity index (χ0v) is 16.0. The van der Waals surface area contributed by atoms with Gasteiger partial charge in [-0.15, -0.1) is 0 Å². The van der Waals surface area contributed by atoms with Crippen LogP contribution in [-0.2, 0) is 4.74 Å². The summed E-state index contributed by atoms with van der Waals surface area (Å²) in [6, 6.07) is 0. The van der Waals surface area contributed by atoms with Crippen LogP contribution in [0.1, 0.15) is 73.1 Å². The number of aliphatic hydroxyl groups excluding tert-OH is 3. The molecule has 2 saturated carbocycles. The zero-order chi connectivity index (χ0) is 18.0. The molecule has 0 unspecified atom stereocenters. The van der Waals surface area contributed by atoms with Crippen molar-refractivity contribution < 1.29 is 20.1 Å². The highest BCUT2D eigenvalue weighted by atomic mass is 16.5. The van der Waals surface area contributed by atoms with E-state index in [4.69, 9.17) is 4.74 Å². The molecule has 7 atom stereocenters. The highest BCUT2D eigenvalue weighted by molar-refractivity contribution is 5.13. The van der Waals surface area contributed by atoms with Crippen molar-refractivity contribution >= 4 is 0 Å². The topological polar surface area (TPSA) is 69.9 Å². The van der Waals surface area contributed by atoms with Gasteiger partial charge in [-0.2, -0.15) is 0 Å². The molecular weight excluding hydrogens is 304 g/mol. The summed E-state index contributed by atoms with van der Waals surface area (Å²) in [6.07, 6.45) is 4.63. The van der Waals surface area contributed by atoms with Gasteiger partial charge in [0.25, 0.3) is 0 Å². The molecule has 1 heterocycles. The second-order valence-electron chi connectivity index (χ2n) is 10.1. The molecule has 2 aliphatic carbocycles. The van der Waals surface area contributed by atoms with Gasteiger partial charge < -0.3 is 20.1 Å². The Labute approximate surface area is 146 Å². The van der Waals surface area contributed by atoms with Crippen LogP contribution in [0.15, 0.2) is 0 Å². The predicted octanol–water partition coefficient (Wildman–Crippen LogP) is 2.88. The third-order valence-corrected chi connectivity index (χ3v) is 7.89. The summed E-state index contributed by atoms with van der Waals surface area (Å²) in [7, 11) is 0. The first-order chi connectivity index (χ1) is 11.0. The Balaban J connectivity index is 1.96. The van der Waals surface area contributed by atoms with E-state index in [-0.39, 0.29) is 23.5 Å². The fraction of sp³-hybridized carbons (Fsp3) is 1.00. The van der Waals surface area contributed by atoms with E-state index in [9.17, 15) is 15.3 Å². The first kappa shape index (κ1) is 18.6. The Bertz CT molecular complexity index is 492. The molecule has 3 fully saturated rings. The van der Waals surface area contributed by atoms with E-state index in [1.54, 1.807) is 0 Å². The first-order valence-electron chi connectivity index (χ1n) is 9.66. The third-order valence-electron chi connectivity index (χ3n) is 7.89. The molecule has 0 aromatic rings. The molecule has 0 spiro atoms. The van der Waals surface area contributed by atoms with E-state index in [0.717, 1.165) is 19.3 Å². The number of ether oxygens (including phenoxy) is 1. The summed E-state index contributed by atoms with van der Waals surface area (Å²) in [5, 5.41) is 30.7. The molecule has 0 aromatic carbocycles. The molecular formula is C20H36O4. The van der Waals surface area contributed by atoms with E-state index in [2.05, 4.69) is 27.7 Å². The van der Waals surface area contributed by atoms with E-state index < -0.39 is 17.3 Å². The van der Waals surface area contributed by atoms with Gasteiger partial charge in [0.1, 0.15) is 6.10 Å². The van der Waals surface area contributed by atoms with Crippen LogP contribution in [0.5, 0.6) is 0 Å². The molecule has 24 heavy (non-hydrogen) atoms. The average Bonchev–Trinajstić information content (AvgIpc) is 2.43. The zero-order valence-electron chi connectivity index (χ0n) is 16.0. The Morgan fingerprint density at radius 3 is 2.38 bits per heavy atom. The van der Waals surface area contributed by atoms with Crippen molar-refractivity contribution in [1.29, 1.82) is 0 Å². The van der Waals surface area contributed by atoms with E-state index >= 15 is 0 Å². The molecule has 3 N–H and O–H groups in total. The van der Waals surface area contributed by atoms with E-state index in [1.165, 1.54) is 12.8 Å². The van der Waals surface area contributed by atoms with Gasteiger partial charge in [-0.25, -0.2) is 0 Å². The van der Waals surface area contributed by atoms with Crippen molar-refractivity contribution in [2.75, 3.05) is 6.61 Å². The summed E-state index contributed by atoms with van der Waals surface area (Å²) < 4.78 is 6.50. The lowest BCUT2D eigenvalue weighted by Crippen LogP contribution is -2.68. The average molecular weight is 341 g/mol. The van der Waals surface area contributed by atoms with Gasteiger partial charge in [0, 0.05) is 6.42 Å². The van der Waals surface area contributed by atoms with Gasteiger partial charge in [-0.05, 0) is 62.2 Å². The van der Waals surface area contributed by atoms with Crippen LogP contribution in [0, 0.1) is 22.7 Å². The number of aliphatic hydroxyl groups is 3. The Morgan fingerprint density at radius 2 is 1.75 bits per heavy atom. The molecule has 4 heteroatoms. The minimum Gasteiger partial charge on any atom is -0.394 e. The molecule has 0 bridgehead atoms. The lowest BCUT2D eigenvalue weighted by atomic mass is 9.43. The van der Waals surface area contributed by atoms with Crippen LogP contribution in [0.3, 0.4) is 0 Å². The fourth-order valence-electron chi connectivity index (χ4n) is 7.04. The maximum absolute atomic E-state index is 11.1. The Morgan fingerprint density at radius 1 is 1.08 bits per heavy atom. The van der Waals surface area contributed by atoms with Crippen LogP contribution in [0.2, 0.25) is 0 Å². The van der Waals surface area contributed by atoms with Gasteiger partial charge in [0.05, 0.1) is 23.9 Å². The third kappa shape index (κ3) is 2.56. The Kier molecular flexibility index (Phi) is 4.40. The molecule has 3 rings (SSSR count). The molecule has 0 amide bonds. The number of hydrogen-bond donors (Lipinski definition) is 3. The second-order valence-corrected chi connectivity index (χ2v) is 10.1. The SMILES string of the molecule is CC1(C)CCC[C@]2(C)[C@H]3CC[C@](C)([C@H](O)CO)O[C@]3(C)C[C@H](O)[C@@H]12. The van der Waals surface area contributed by atoms with Gasteiger partial charge >= 0.3 is 0 Å². The second kappa shape index (κ2) is 5.67. The highest BCUT2D eigenvalue weighted by Crippen LogP contribution is 2.65. The maximum Gasteiger partial charge on any atom is 0.106 e. The smallest absolute Gasteiger partial charge is 0.106 e. The summed E-state index contributed by atoms with van der Waals surface area (Å²) in [4.78, 5) is 0. The van der Waals surface area contributed by atoms with Crippen molar-refractivity contribution in [3.05, 3.63) is 0 Å². The lowest BCUT2D eigenvalue weighted by molar-refractivity contribution is -0.304. The molecule has 1 aliphatic heterocycles.